The molecular weight excluding hydrogens is 408 g/mol. The van der Waals surface area contributed by atoms with E-state index < -0.39 is 10.0 Å². The molecule has 152 valence electrons. The third-order valence-electron chi connectivity index (χ3n) is 5.68. The molecule has 0 amide bonds. The van der Waals surface area contributed by atoms with Crippen LogP contribution in [0.5, 0.6) is 0 Å². The Balaban J connectivity index is 1.39. The van der Waals surface area contributed by atoms with E-state index in [4.69, 9.17) is 0 Å². The summed E-state index contributed by atoms with van der Waals surface area (Å²) in [7, 11) is -3.10. The molecule has 1 aliphatic carbocycles. The number of anilines is 1. The van der Waals surface area contributed by atoms with Gasteiger partial charge in [-0.15, -0.1) is 0 Å². The van der Waals surface area contributed by atoms with Gasteiger partial charge in [-0.2, -0.15) is 0 Å². The summed E-state index contributed by atoms with van der Waals surface area (Å²) >= 11 is 1.19. The van der Waals surface area contributed by atoms with Crippen LogP contribution in [0.25, 0.3) is 21.2 Å². The Bertz CT molecular complexity index is 1210. The second-order valence-corrected chi connectivity index (χ2v) is 11.0. The lowest BCUT2D eigenvalue weighted by atomic mass is 10.0. The van der Waals surface area contributed by atoms with E-state index in [0.29, 0.717) is 13.1 Å². The molecule has 0 bridgehead atoms. The lowest BCUT2D eigenvalue weighted by Crippen LogP contribution is -2.43. The van der Waals surface area contributed by atoms with Gasteiger partial charge in [-0.1, -0.05) is 11.3 Å². The molecule has 29 heavy (non-hydrogen) atoms. The van der Waals surface area contributed by atoms with E-state index in [1.165, 1.54) is 11.3 Å². The van der Waals surface area contributed by atoms with E-state index >= 15 is 0 Å². The number of nitrogens with zero attached hydrogens (tertiary/aromatic N) is 2. The molecule has 1 aromatic carbocycles. The number of aromatic nitrogens is 2. The van der Waals surface area contributed by atoms with E-state index in [-0.39, 0.29) is 16.2 Å². The molecule has 9 heteroatoms. The fourth-order valence-corrected chi connectivity index (χ4v) is 6.48. The minimum atomic E-state index is -3.10. The second-order valence-electron chi connectivity index (χ2n) is 7.73. The zero-order chi connectivity index (χ0) is 20.0. The number of fused-ring (bicyclic) bond motifs is 1. The van der Waals surface area contributed by atoms with Gasteiger partial charge in [0.05, 0.1) is 10.1 Å². The molecule has 1 aliphatic heterocycles. The van der Waals surface area contributed by atoms with Crippen LogP contribution >= 0.6 is 11.3 Å². The van der Waals surface area contributed by atoms with E-state index in [0.717, 1.165) is 52.6 Å². The maximum Gasteiger partial charge on any atom is 0.305 e. The number of H-pyrrole nitrogens is 1. The monoisotopic (exact) mass is 430 g/mol. The van der Waals surface area contributed by atoms with Crippen LogP contribution in [0.3, 0.4) is 0 Å². The molecule has 7 nitrogen and oxygen atoms in total. The SMILES string of the molecule is O=c1[nH]cc(-c2cc(NC3CCN(S(=O)(=O)C4CC4)CC3)c3cnccc3c2)s1. The largest absolute Gasteiger partial charge is 0.382 e. The molecule has 2 fully saturated rings. The Morgan fingerprint density at radius 1 is 1.17 bits per heavy atom. The summed E-state index contributed by atoms with van der Waals surface area (Å²) < 4.78 is 26.6. The lowest BCUT2D eigenvalue weighted by molar-refractivity contribution is 0.329. The molecular formula is C20H22N4O3S2. The smallest absolute Gasteiger partial charge is 0.305 e. The number of nitrogens with one attached hydrogen (secondary N) is 2. The van der Waals surface area contributed by atoms with Crippen molar-refractivity contribution in [2.24, 2.45) is 0 Å². The van der Waals surface area contributed by atoms with Crippen molar-refractivity contribution >= 4 is 37.8 Å². The number of pyridine rings is 1. The Hall–Kier alpha value is -2.23. The first-order valence-corrected chi connectivity index (χ1v) is 12.1. The fourth-order valence-electron chi connectivity index (χ4n) is 3.94. The average molecular weight is 431 g/mol. The molecule has 1 saturated heterocycles. The van der Waals surface area contributed by atoms with Gasteiger partial charge in [0.1, 0.15) is 0 Å². The van der Waals surface area contributed by atoms with E-state index in [1.54, 1.807) is 16.7 Å². The zero-order valence-corrected chi connectivity index (χ0v) is 17.4. The summed E-state index contributed by atoms with van der Waals surface area (Å²) in [4.78, 5) is 19.4. The van der Waals surface area contributed by atoms with Crippen LogP contribution in [0.15, 0.2) is 41.6 Å². The first-order valence-electron chi connectivity index (χ1n) is 9.83. The van der Waals surface area contributed by atoms with Crippen molar-refractivity contribution in [2.45, 2.75) is 37.0 Å². The molecule has 2 aliphatic rings. The van der Waals surface area contributed by atoms with Gasteiger partial charge in [-0.25, -0.2) is 12.7 Å². The van der Waals surface area contributed by atoms with Crippen molar-refractivity contribution in [3.05, 3.63) is 46.5 Å². The van der Waals surface area contributed by atoms with Crippen molar-refractivity contribution < 1.29 is 8.42 Å². The number of aromatic amines is 1. The van der Waals surface area contributed by atoms with Gasteiger partial charge in [-0.3, -0.25) is 9.78 Å². The van der Waals surface area contributed by atoms with Crippen LogP contribution in [0.1, 0.15) is 25.7 Å². The number of sulfonamides is 1. The quantitative estimate of drug-likeness (QED) is 0.649. The first-order chi connectivity index (χ1) is 14.0. The minimum absolute atomic E-state index is 0.0754. The molecule has 0 atom stereocenters. The summed E-state index contributed by atoms with van der Waals surface area (Å²) in [5.41, 5.74) is 1.94. The number of benzene rings is 1. The highest BCUT2D eigenvalue weighted by atomic mass is 32.2. The lowest BCUT2D eigenvalue weighted by Gasteiger charge is -2.32. The maximum atomic E-state index is 12.5. The van der Waals surface area contributed by atoms with Crippen molar-refractivity contribution in [3.63, 3.8) is 0 Å². The normalized spacial score (nSPS) is 18.9. The van der Waals surface area contributed by atoms with Gasteiger partial charge < -0.3 is 10.3 Å². The van der Waals surface area contributed by atoms with Gasteiger partial charge in [0.25, 0.3) is 0 Å². The van der Waals surface area contributed by atoms with Gasteiger partial charge in [0.15, 0.2) is 0 Å². The van der Waals surface area contributed by atoms with Gasteiger partial charge in [-0.05, 0) is 54.8 Å². The Kier molecular flexibility index (Phi) is 4.68. The summed E-state index contributed by atoms with van der Waals surface area (Å²) in [6.07, 6.45) is 8.49. The van der Waals surface area contributed by atoms with Crippen molar-refractivity contribution in [2.75, 3.05) is 18.4 Å². The third kappa shape index (κ3) is 3.70. The van der Waals surface area contributed by atoms with Gasteiger partial charge in [0.2, 0.25) is 10.0 Å². The van der Waals surface area contributed by atoms with Crippen LogP contribution in [0.4, 0.5) is 5.69 Å². The Labute approximate surface area is 172 Å². The predicted molar refractivity (Wildman–Crippen MR) is 116 cm³/mol. The molecule has 0 radical (unpaired) electrons. The number of rotatable bonds is 5. The van der Waals surface area contributed by atoms with Crippen LogP contribution in [0, 0.1) is 0 Å². The molecule has 1 saturated carbocycles. The molecule has 5 rings (SSSR count). The van der Waals surface area contributed by atoms with Crippen molar-refractivity contribution in [1.82, 2.24) is 14.3 Å². The third-order valence-corrected chi connectivity index (χ3v) is 8.96. The zero-order valence-electron chi connectivity index (χ0n) is 15.8. The summed E-state index contributed by atoms with van der Waals surface area (Å²) in [6.45, 7) is 1.12. The predicted octanol–water partition coefficient (Wildman–Crippen LogP) is 3.02. The van der Waals surface area contributed by atoms with Crippen molar-refractivity contribution in [3.8, 4) is 10.4 Å². The highest BCUT2D eigenvalue weighted by Gasteiger charge is 2.41. The van der Waals surface area contributed by atoms with Gasteiger partial charge >= 0.3 is 4.87 Å². The molecule has 0 spiro atoms. The van der Waals surface area contributed by atoms with Crippen molar-refractivity contribution in [1.29, 1.82) is 0 Å². The standard InChI is InChI=1S/C20H22N4O3S2/c25-20-22-12-19(28-20)14-9-13-3-6-21-11-17(13)18(10-14)23-15-4-7-24(8-5-15)29(26,27)16-1-2-16/h3,6,9-12,15-16,23H,1-2,4-5,7-8H2,(H,22,25). The number of hydrogen-bond acceptors (Lipinski definition) is 6. The number of thiazole rings is 1. The van der Waals surface area contributed by atoms with Crippen LogP contribution < -0.4 is 10.2 Å². The molecule has 2 aromatic heterocycles. The summed E-state index contributed by atoms with van der Waals surface area (Å²) in [5.74, 6) is 0. The molecule has 3 heterocycles. The van der Waals surface area contributed by atoms with Crippen LogP contribution in [0.2, 0.25) is 0 Å². The van der Waals surface area contributed by atoms with Gasteiger partial charge in [0, 0.05) is 48.8 Å². The van der Waals surface area contributed by atoms with Crippen LogP contribution in [-0.4, -0.2) is 47.1 Å². The fraction of sp³-hybridized carbons (Fsp3) is 0.400. The second kappa shape index (κ2) is 7.23. The highest BCUT2D eigenvalue weighted by Crippen LogP contribution is 2.34. The first kappa shape index (κ1) is 18.8. The van der Waals surface area contributed by atoms with Crippen LogP contribution in [-0.2, 0) is 10.0 Å². The highest BCUT2D eigenvalue weighted by molar-refractivity contribution is 7.90. The van der Waals surface area contributed by atoms with E-state index in [2.05, 4.69) is 27.4 Å². The summed E-state index contributed by atoms with van der Waals surface area (Å²) in [6, 6.07) is 6.27. The maximum absolute atomic E-state index is 12.5. The molecule has 0 unspecified atom stereocenters. The average Bonchev–Trinajstić information content (AvgIpc) is 3.50. The Morgan fingerprint density at radius 2 is 1.97 bits per heavy atom. The molecule has 3 aromatic rings. The topological polar surface area (TPSA) is 95.2 Å². The van der Waals surface area contributed by atoms with E-state index in [9.17, 15) is 13.2 Å². The number of piperidine rings is 1. The van der Waals surface area contributed by atoms with E-state index in [1.807, 2.05) is 12.3 Å². The molecule has 2 N–H and O–H groups in total. The Morgan fingerprint density at radius 3 is 2.66 bits per heavy atom. The minimum Gasteiger partial charge on any atom is -0.382 e. The summed E-state index contributed by atoms with van der Waals surface area (Å²) in [5, 5.41) is 5.54. The number of hydrogen-bond donors (Lipinski definition) is 2.